The standard InChI is InChI=1S/C33H30N2O2/c1-33(2,31-34-27(23-15-7-3-8-16-23)29(36-31)25-19-11-5-12-20-25)32-35-28(24-17-9-4-10-18-24)30(37-32)26-21-13-6-14-22-26/h3-22,27-30H,1-2H3/t27-,28+,29+,30-. The number of aliphatic imine (C=N–C) groups is 2. The van der Waals surface area contributed by atoms with Crippen molar-refractivity contribution in [2.45, 2.75) is 38.1 Å². The number of hydrogen-bond donors (Lipinski definition) is 0. The number of rotatable bonds is 6. The van der Waals surface area contributed by atoms with E-state index in [2.05, 4.69) is 86.6 Å². The van der Waals surface area contributed by atoms with Crippen LogP contribution in [0.5, 0.6) is 0 Å². The van der Waals surface area contributed by atoms with E-state index in [1.54, 1.807) is 0 Å². The van der Waals surface area contributed by atoms with Crippen molar-refractivity contribution in [3.63, 3.8) is 0 Å². The van der Waals surface area contributed by atoms with Gasteiger partial charge in [-0.25, -0.2) is 9.98 Å². The molecule has 4 aromatic carbocycles. The van der Waals surface area contributed by atoms with E-state index in [1.807, 2.05) is 48.5 Å². The fraction of sp³-hybridized carbons (Fsp3) is 0.212. The van der Waals surface area contributed by atoms with Gasteiger partial charge in [-0.1, -0.05) is 121 Å². The molecule has 0 aliphatic carbocycles. The number of benzene rings is 4. The van der Waals surface area contributed by atoms with Crippen LogP contribution in [0.4, 0.5) is 0 Å². The van der Waals surface area contributed by atoms with Crippen molar-refractivity contribution in [2.24, 2.45) is 15.4 Å². The average Bonchev–Trinajstić information content (AvgIpc) is 3.62. The van der Waals surface area contributed by atoms with E-state index >= 15 is 0 Å². The molecular formula is C33H30N2O2. The van der Waals surface area contributed by atoms with Crippen molar-refractivity contribution in [1.82, 2.24) is 0 Å². The topological polar surface area (TPSA) is 43.2 Å². The lowest BCUT2D eigenvalue weighted by atomic mass is 9.93. The van der Waals surface area contributed by atoms with Crippen LogP contribution in [-0.4, -0.2) is 11.8 Å². The van der Waals surface area contributed by atoms with Gasteiger partial charge in [0.05, 0.1) is 0 Å². The zero-order valence-electron chi connectivity index (χ0n) is 21.1. The van der Waals surface area contributed by atoms with Crippen LogP contribution in [0.3, 0.4) is 0 Å². The highest BCUT2D eigenvalue weighted by atomic mass is 16.5. The van der Waals surface area contributed by atoms with Gasteiger partial charge in [0, 0.05) is 0 Å². The first-order valence-corrected chi connectivity index (χ1v) is 12.8. The highest BCUT2D eigenvalue weighted by Crippen LogP contribution is 2.47. The second kappa shape index (κ2) is 9.70. The van der Waals surface area contributed by atoms with Crippen LogP contribution in [0.15, 0.2) is 131 Å². The molecule has 6 rings (SSSR count). The quantitative estimate of drug-likeness (QED) is 0.279. The maximum atomic E-state index is 6.66. The second-order valence-corrected chi connectivity index (χ2v) is 10.1. The van der Waals surface area contributed by atoms with Gasteiger partial charge in [0.2, 0.25) is 0 Å². The first-order chi connectivity index (χ1) is 18.1. The third-order valence-corrected chi connectivity index (χ3v) is 7.17. The number of nitrogens with zero attached hydrogens (tertiary/aromatic N) is 2. The van der Waals surface area contributed by atoms with Crippen LogP contribution in [0.25, 0.3) is 0 Å². The molecule has 0 saturated carbocycles. The van der Waals surface area contributed by atoms with E-state index in [9.17, 15) is 0 Å². The molecule has 0 N–H and O–H groups in total. The predicted octanol–water partition coefficient (Wildman–Crippen LogP) is 7.84. The molecule has 2 heterocycles. The Labute approximate surface area is 218 Å². The molecule has 0 spiro atoms. The largest absolute Gasteiger partial charge is 0.469 e. The molecule has 4 atom stereocenters. The summed E-state index contributed by atoms with van der Waals surface area (Å²) in [5.74, 6) is 1.30. The maximum Gasteiger partial charge on any atom is 0.200 e. The predicted molar refractivity (Wildman–Crippen MR) is 148 cm³/mol. The van der Waals surface area contributed by atoms with E-state index < -0.39 is 5.41 Å². The molecule has 0 bridgehead atoms. The van der Waals surface area contributed by atoms with Gasteiger partial charge in [0.15, 0.2) is 24.0 Å². The van der Waals surface area contributed by atoms with Crippen molar-refractivity contribution in [3.05, 3.63) is 144 Å². The van der Waals surface area contributed by atoms with Crippen molar-refractivity contribution < 1.29 is 9.47 Å². The summed E-state index contributed by atoms with van der Waals surface area (Å²) in [5.41, 5.74) is 3.81. The summed E-state index contributed by atoms with van der Waals surface area (Å²) in [5, 5.41) is 0. The third-order valence-electron chi connectivity index (χ3n) is 7.17. The zero-order chi connectivity index (χ0) is 25.2. The van der Waals surface area contributed by atoms with Crippen LogP contribution < -0.4 is 0 Å². The maximum absolute atomic E-state index is 6.66. The molecule has 184 valence electrons. The molecule has 2 aliphatic rings. The fourth-order valence-corrected chi connectivity index (χ4v) is 5.11. The van der Waals surface area contributed by atoms with Gasteiger partial charge in [0.25, 0.3) is 0 Å². The van der Waals surface area contributed by atoms with E-state index in [-0.39, 0.29) is 24.3 Å². The summed E-state index contributed by atoms with van der Waals surface area (Å²) in [7, 11) is 0. The molecule has 2 aliphatic heterocycles. The van der Waals surface area contributed by atoms with Crippen molar-refractivity contribution in [1.29, 1.82) is 0 Å². The minimum Gasteiger partial charge on any atom is -0.469 e. The Balaban J connectivity index is 1.37. The van der Waals surface area contributed by atoms with Gasteiger partial charge in [0.1, 0.15) is 17.5 Å². The van der Waals surface area contributed by atoms with Gasteiger partial charge in [-0.3, -0.25) is 0 Å². The van der Waals surface area contributed by atoms with Gasteiger partial charge in [-0.15, -0.1) is 0 Å². The summed E-state index contributed by atoms with van der Waals surface area (Å²) in [6, 6.07) is 41.1. The van der Waals surface area contributed by atoms with Crippen LogP contribution >= 0.6 is 0 Å². The number of hydrogen-bond acceptors (Lipinski definition) is 4. The van der Waals surface area contributed by atoms with Crippen LogP contribution in [0.2, 0.25) is 0 Å². The Morgan fingerprint density at radius 3 is 1.08 bits per heavy atom. The Morgan fingerprint density at radius 1 is 0.459 bits per heavy atom. The van der Waals surface area contributed by atoms with E-state index in [0.29, 0.717) is 11.8 Å². The molecule has 0 fully saturated rings. The normalized spacial score (nSPS) is 23.1. The fourth-order valence-electron chi connectivity index (χ4n) is 5.11. The molecule has 0 unspecified atom stereocenters. The Kier molecular flexibility index (Phi) is 6.09. The molecule has 4 aromatic rings. The highest BCUT2D eigenvalue weighted by molar-refractivity contribution is 6.05. The summed E-state index contributed by atoms with van der Waals surface area (Å²) < 4.78 is 13.3. The summed E-state index contributed by atoms with van der Waals surface area (Å²) in [6.07, 6.45) is -0.426. The SMILES string of the molecule is CC(C)(C1=N[C@@H](c2ccccc2)[C@@H](c2ccccc2)O1)C1=N[C@H](c2ccccc2)[C@H](c2ccccc2)O1. The summed E-state index contributed by atoms with van der Waals surface area (Å²) in [4.78, 5) is 10.3. The van der Waals surface area contributed by atoms with Crippen molar-refractivity contribution >= 4 is 11.8 Å². The van der Waals surface area contributed by atoms with Crippen LogP contribution in [0.1, 0.15) is 60.4 Å². The van der Waals surface area contributed by atoms with Gasteiger partial charge in [-0.2, -0.15) is 0 Å². The number of ether oxygens (including phenoxy) is 2. The zero-order valence-corrected chi connectivity index (χ0v) is 21.1. The van der Waals surface area contributed by atoms with E-state index in [4.69, 9.17) is 19.5 Å². The molecule has 4 heteroatoms. The van der Waals surface area contributed by atoms with E-state index in [1.165, 1.54) is 0 Å². The summed E-state index contributed by atoms with van der Waals surface area (Å²) in [6.45, 7) is 4.19. The Hall–Kier alpha value is -4.18. The molecule has 0 radical (unpaired) electrons. The average molecular weight is 487 g/mol. The Morgan fingerprint density at radius 2 is 0.757 bits per heavy atom. The van der Waals surface area contributed by atoms with Gasteiger partial charge in [-0.05, 0) is 36.1 Å². The molecule has 4 nitrogen and oxygen atoms in total. The lowest BCUT2D eigenvalue weighted by Crippen LogP contribution is -2.34. The third kappa shape index (κ3) is 4.44. The molecule has 0 aromatic heterocycles. The van der Waals surface area contributed by atoms with E-state index in [0.717, 1.165) is 22.3 Å². The van der Waals surface area contributed by atoms with Crippen LogP contribution in [0, 0.1) is 5.41 Å². The monoisotopic (exact) mass is 486 g/mol. The van der Waals surface area contributed by atoms with Crippen molar-refractivity contribution in [3.8, 4) is 0 Å². The molecular weight excluding hydrogens is 456 g/mol. The minimum absolute atomic E-state index is 0.144. The molecule has 0 saturated heterocycles. The first kappa shape index (κ1) is 23.2. The first-order valence-electron chi connectivity index (χ1n) is 12.8. The van der Waals surface area contributed by atoms with Gasteiger partial charge >= 0.3 is 0 Å². The molecule has 0 amide bonds. The van der Waals surface area contributed by atoms with Gasteiger partial charge < -0.3 is 9.47 Å². The second-order valence-electron chi connectivity index (χ2n) is 10.1. The minimum atomic E-state index is -0.646. The highest BCUT2D eigenvalue weighted by Gasteiger charge is 2.47. The Bertz CT molecular complexity index is 1290. The van der Waals surface area contributed by atoms with Crippen LogP contribution in [-0.2, 0) is 9.47 Å². The lowest BCUT2D eigenvalue weighted by Gasteiger charge is -2.26. The van der Waals surface area contributed by atoms with Crippen molar-refractivity contribution in [2.75, 3.05) is 0 Å². The summed E-state index contributed by atoms with van der Waals surface area (Å²) >= 11 is 0. The molecule has 37 heavy (non-hydrogen) atoms. The lowest BCUT2D eigenvalue weighted by molar-refractivity contribution is 0.162. The smallest absolute Gasteiger partial charge is 0.200 e.